The summed E-state index contributed by atoms with van der Waals surface area (Å²) in [5.41, 5.74) is 5.01. The van der Waals surface area contributed by atoms with Crippen LogP contribution in [0, 0.1) is 11.3 Å². The number of anilines is 1. The SMILES string of the molecule is CN1CCN(CC(=O)N2CCN(c3ccc(-c4cc(-c5cnn(C)c5)cn5ncc(C#N)c45)cn3)CC2)CC1.O=C(O)C(F)(F)F.O=C(O)C(F)(F)F.O=C(O)C(F)(F)F. The fourth-order valence-corrected chi connectivity index (χ4v) is 5.37. The summed E-state index contributed by atoms with van der Waals surface area (Å²) >= 11 is 0. The van der Waals surface area contributed by atoms with Gasteiger partial charge in [0, 0.05) is 100 Å². The van der Waals surface area contributed by atoms with Gasteiger partial charge >= 0.3 is 36.4 Å². The first-order chi connectivity index (χ1) is 27.8. The summed E-state index contributed by atoms with van der Waals surface area (Å²) < 4.78 is 98.7. The lowest BCUT2D eigenvalue weighted by Gasteiger charge is -2.37. The highest BCUT2D eigenvalue weighted by atomic mass is 19.4. The number of aliphatic carboxylic acids is 3. The zero-order chi connectivity index (χ0) is 45.2. The number of pyridine rings is 2. The number of fused-ring (bicyclic) bond motifs is 1. The summed E-state index contributed by atoms with van der Waals surface area (Å²) in [5.74, 6) is -7.17. The lowest BCUT2D eigenvalue weighted by atomic mass is 10.0. The molecule has 0 atom stereocenters. The summed E-state index contributed by atoms with van der Waals surface area (Å²) in [6.07, 6.45) is -6.11. The van der Waals surface area contributed by atoms with E-state index in [2.05, 4.69) is 44.1 Å². The van der Waals surface area contributed by atoms with Gasteiger partial charge in [-0.05, 0) is 25.2 Å². The van der Waals surface area contributed by atoms with Crippen molar-refractivity contribution in [1.29, 1.82) is 5.26 Å². The van der Waals surface area contributed by atoms with Crippen molar-refractivity contribution < 1.29 is 74.0 Å². The van der Waals surface area contributed by atoms with Crippen molar-refractivity contribution in [1.82, 2.24) is 39.1 Å². The second kappa shape index (κ2) is 20.0. The highest BCUT2D eigenvalue weighted by Crippen LogP contribution is 2.32. The van der Waals surface area contributed by atoms with Crippen LogP contribution < -0.4 is 4.90 Å². The number of hydrogen-bond donors (Lipinski definition) is 3. The number of alkyl halides is 9. The van der Waals surface area contributed by atoms with Gasteiger partial charge in [-0.2, -0.15) is 55.0 Å². The molecule has 0 unspecified atom stereocenters. The zero-order valence-corrected chi connectivity index (χ0v) is 31.3. The Labute approximate surface area is 333 Å². The number of nitrogens with zero attached hydrogens (tertiary/aromatic N) is 10. The normalized spacial score (nSPS) is 15.0. The van der Waals surface area contributed by atoms with Crippen molar-refractivity contribution in [3.05, 3.63) is 54.7 Å². The van der Waals surface area contributed by atoms with Gasteiger partial charge in [-0.15, -0.1) is 0 Å². The predicted octanol–water partition coefficient (Wildman–Crippen LogP) is 3.46. The minimum Gasteiger partial charge on any atom is -0.475 e. The molecule has 6 rings (SSSR count). The first kappa shape index (κ1) is 47.9. The summed E-state index contributed by atoms with van der Waals surface area (Å²) in [6.45, 7) is 7.34. The molecule has 0 aliphatic carbocycles. The van der Waals surface area contributed by atoms with Gasteiger partial charge in [0.15, 0.2) is 0 Å². The number of carbonyl (C=O) groups is 4. The minimum absolute atomic E-state index is 0.217. The highest BCUT2D eigenvalue weighted by molar-refractivity contribution is 5.87. The van der Waals surface area contributed by atoms with Crippen LogP contribution in [0.2, 0.25) is 0 Å². The largest absolute Gasteiger partial charge is 0.490 e. The fraction of sp³-hybridized carbons (Fsp3) is 0.412. The summed E-state index contributed by atoms with van der Waals surface area (Å²) in [4.78, 5) is 53.1. The molecule has 60 heavy (non-hydrogen) atoms. The molecule has 0 radical (unpaired) electrons. The van der Waals surface area contributed by atoms with E-state index in [9.17, 15) is 49.6 Å². The van der Waals surface area contributed by atoms with E-state index in [1.54, 1.807) is 15.4 Å². The summed E-state index contributed by atoms with van der Waals surface area (Å²) in [5, 5.41) is 39.8. The molecule has 0 saturated carbocycles. The number of halogens is 9. The number of amides is 1. The fourth-order valence-electron chi connectivity index (χ4n) is 5.37. The van der Waals surface area contributed by atoms with Crippen LogP contribution in [0.4, 0.5) is 45.3 Å². The number of nitriles is 1. The summed E-state index contributed by atoms with van der Waals surface area (Å²) in [7, 11) is 4.01. The Bertz CT molecular complexity index is 2090. The van der Waals surface area contributed by atoms with Crippen molar-refractivity contribution in [2.24, 2.45) is 7.05 Å². The van der Waals surface area contributed by atoms with Crippen LogP contribution in [0.15, 0.2) is 49.2 Å². The smallest absolute Gasteiger partial charge is 0.475 e. The number of hydrogen-bond acceptors (Lipinski definition) is 11. The Morgan fingerprint density at radius 2 is 1.23 bits per heavy atom. The Morgan fingerprint density at radius 3 is 1.67 bits per heavy atom. The second-order valence-corrected chi connectivity index (χ2v) is 12.8. The summed E-state index contributed by atoms with van der Waals surface area (Å²) in [6, 6.07) is 8.39. The lowest BCUT2D eigenvalue weighted by molar-refractivity contribution is -0.193. The first-order valence-corrected chi connectivity index (χ1v) is 17.0. The van der Waals surface area contributed by atoms with Crippen LogP contribution in [0.3, 0.4) is 0 Å². The Morgan fingerprint density at radius 1 is 0.700 bits per heavy atom. The molecule has 17 nitrogen and oxygen atoms in total. The van der Waals surface area contributed by atoms with E-state index >= 15 is 0 Å². The average molecular weight is 867 g/mol. The van der Waals surface area contributed by atoms with E-state index in [4.69, 9.17) is 34.7 Å². The quantitative estimate of drug-likeness (QED) is 0.245. The molecule has 2 fully saturated rings. The van der Waals surface area contributed by atoms with Crippen LogP contribution in [0.25, 0.3) is 27.8 Å². The van der Waals surface area contributed by atoms with E-state index in [-0.39, 0.29) is 5.91 Å². The first-order valence-electron chi connectivity index (χ1n) is 17.0. The number of carboxylic acid groups (broad SMARTS) is 3. The average Bonchev–Trinajstić information content (AvgIpc) is 3.81. The van der Waals surface area contributed by atoms with Crippen molar-refractivity contribution >= 4 is 35.1 Å². The minimum atomic E-state index is -5.08. The van der Waals surface area contributed by atoms with E-state index in [1.165, 1.54) is 0 Å². The molecule has 2 aliphatic heterocycles. The Balaban J connectivity index is 0.000000377. The van der Waals surface area contributed by atoms with Gasteiger partial charge in [0.25, 0.3) is 0 Å². The van der Waals surface area contributed by atoms with Gasteiger partial charge in [0.1, 0.15) is 11.9 Å². The highest BCUT2D eigenvalue weighted by Gasteiger charge is 2.39. The molecule has 2 aliphatic rings. The Hall–Kier alpha value is -6.49. The lowest BCUT2D eigenvalue weighted by Crippen LogP contribution is -2.53. The molecule has 0 aromatic carbocycles. The molecule has 1 amide bonds. The van der Waals surface area contributed by atoms with Crippen LogP contribution in [0.5, 0.6) is 0 Å². The van der Waals surface area contributed by atoms with Gasteiger partial charge < -0.3 is 30.0 Å². The molecule has 6 heterocycles. The van der Waals surface area contributed by atoms with Gasteiger partial charge in [-0.3, -0.25) is 14.4 Å². The second-order valence-electron chi connectivity index (χ2n) is 12.8. The number of piperazine rings is 2. The van der Waals surface area contributed by atoms with Gasteiger partial charge in [-0.25, -0.2) is 23.9 Å². The molecule has 0 spiro atoms. The van der Waals surface area contributed by atoms with E-state index in [1.807, 2.05) is 48.9 Å². The molecule has 2 saturated heterocycles. The van der Waals surface area contributed by atoms with Gasteiger partial charge in [0.2, 0.25) is 5.91 Å². The van der Waals surface area contributed by atoms with E-state index in [0.717, 1.165) is 72.9 Å². The van der Waals surface area contributed by atoms with Crippen LogP contribution in [-0.4, -0.2) is 163 Å². The zero-order valence-electron chi connectivity index (χ0n) is 31.3. The van der Waals surface area contributed by atoms with Crippen molar-refractivity contribution in [2.45, 2.75) is 18.5 Å². The maximum Gasteiger partial charge on any atom is 0.490 e. The molecular weight excluding hydrogens is 831 g/mol. The van der Waals surface area contributed by atoms with Crippen LogP contribution in [-0.2, 0) is 26.2 Å². The molecule has 3 N–H and O–H groups in total. The van der Waals surface area contributed by atoms with Gasteiger partial charge in [-0.1, -0.05) is 0 Å². The molecular formula is C34H35F9N10O7. The molecule has 326 valence electrons. The Kier molecular flexibility index (Phi) is 15.9. The molecule has 0 bridgehead atoms. The number of carbonyl (C=O) groups excluding carboxylic acids is 1. The molecule has 26 heteroatoms. The number of likely N-dealkylation sites (N-methyl/N-ethyl adjacent to an activating group) is 1. The van der Waals surface area contributed by atoms with Crippen LogP contribution >= 0.6 is 0 Å². The topological polar surface area (TPSA) is 214 Å². The van der Waals surface area contributed by atoms with E-state index in [0.29, 0.717) is 25.2 Å². The predicted molar refractivity (Wildman–Crippen MR) is 189 cm³/mol. The number of rotatable bonds is 5. The van der Waals surface area contributed by atoms with E-state index < -0.39 is 36.4 Å². The third-order valence-corrected chi connectivity index (χ3v) is 8.47. The van der Waals surface area contributed by atoms with Crippen molar-refractivity contribution in [2.75, 3.05) is 70.9 Å². The number of aromatic nitrogens is 5. The molecule has 4 aromatic heterocycles. The maximum absolute atomic E-state index is 12.9. The number of carboxylic acids is 3. The number of aryl methyl sites for hydroxylation is 1. The third-order valence-electron chi connectivity index (χ3n) is 8.47. The standard InChI is InChI=1S/C28H32N10O.3C2HF3O2/c1-33-5-7-35(8-6-33)20-27(39)37-11-9-36(10-12-37)26-4-3-21(15-30-26)25-13-22(24-17-31-34(2)18-24)19-38-28(25)23(14-29)16-32-38;3*3-2(4,5)1(6)7/h3-4,13,15-19H,5-12,20H2,1-2H3;3*(H,6,7). The maximum atomic E-state index is 12.9. The monoisotopic (exact) mass is 866 g/mol. The van der Waals surface area contributed by atoms with Crippen molar-refractivity contribution in [3.63, 3.8) is 0 Å². The van der Waals surface area contributed by atoms with Crippen molar-refractivity contribution in [3.8, 4) is 28.3 Å². The molecule has 4 aromatic rings. The van der Waals surface area contributed by atoms with Gasteiger partial charge in [0.05, 0.1) is 30.0 Å². The van der Waals surface area contributed by atoms with Crippen LogP contribution in [0.1, 0.15) is 5.56 Å². The third kappa shape index (κ3) is 13.8.